The smallest absolute Gasteiger partial charge is 0.343 e. The Balaban J connectivity index is 1.57. The van der Waals surface area contributed by atoms with Crippen LogP contribution in [0.1, 0.15) is 39.9 Å². The second-order valence-electron chi connectivity index (χ2n) is 11.0. The quantitative estimate of drug-likeness (QED) is 0.0319. The zero-order chi connectivity index (χ0) is 36.5. The van der Waals surface area contributed by atoms with Crippen LogP contribution in [0.3, 0.4) is 0 Å². The number of carbonyl (C=O) groups is 4. The van der Waals surface area contributed by atoms with Crippen LogP contribution in [0.5, 0.6) is 17.2 Å². The molecule has 0 heterocycles. The molecule has 50 heavy (non-hydrogen) atoms. The summed E-state index contributed by atoms with van der Waals surface area (Å²) in [4.78, 5) is 47.1. The van der Waals surface area contributed by atoms with Gasteiger partial charge in [-0.2, -0.15) is 0 Å². The van der Waals surface area contributed by atoms with E-state index >= 15 is 0 Å². The maximum absolute atomic E-state index is 12.9. The summed E-state index contributed by atoms with van der Waals surface area (Å²) in [6.07, 6.45) is 3.84. The number of unbranched alkanes of at least 4 members (excludes halogenated alkanes) is 1. The first kappa shape index (κ1) is 38.8. The standard InChI is InChI=1S/C39H42O11/c1-7-36(40)45-19-11-10-18-44-23-32(49-38(42)9-3)24-46-33-15-12-29(20-26(33)4)30-13-17-35(28(6)21-30)50-39(43)31-14-16-34(27(5)22-31)47-25-48-37(41)8-2/h7-9,12-17,20-22,32H,1-3,10-11,18-19,23-25H2,4-6H3. The molecule has 11 nitrogen and oxygen atoms in total. The van der Waals surface area contributed by atoms with Gasteiger partial charge in [0.15, 0.2) is 6.10 Å². The molecule has 0 fully saturated rings. The zero-order valence-corrected chi connectivity index (χ0v) is 28.6. The molecule has 1 atom stereocenters. The summed E-state index contributed by atoms with van der Waals surface area (Å²) in [6, 6.07) is 16.1. The third-order valence-corrected chi connectivity index (χ3v) is 7.15. The van der Waals surface area contributed by atoms with Gasteiger partial charge in [0.25, 0.3) is 0 Å². The number of carbonyl (C=O) groups excluding carboxylic acids is 4. The van der Waals surface area contributed by atoms with E-state index in [9.17, 15) is 19.2 Å². The first-order valence-electron chi connectivity index (χ1n) is 15.8. The van der Waals surface area contributed by atoms with Crippen molar-refractivity contribution < 1.29 is 52.3 Å². The molecule has 0 saturated heterocycles. The van der Waals surface area contributed by atoms with Gasteiger partial charge in [-0.15, -0.1) is 0 Å². The molecule has 0 aliphatic heterocycles. The Morgan fingerprint density at radius 3 is 1.82 bits per heavy atom. The zero-order valence-electron chi connectivity index (χ0n) is 28.6. The van der Waals surface area contributed by atoms with Gasteiger partial charge in [-0.25, -0.2) is 19.2 Å². The first-order valence-corrected chi connectivity index (χ1v) is 15.8. The fourth-order valence-electron chi connectivity index (χ4n) is 4.51. The van der Waals surface area contributed by atoms with Crippen LogP contribution in [-0.2, 0) is 33.3 Å². The summed E-state index contributed by atoms with van der Waals surface area (Å²) in [5.41, 5.74) is 4.47. The molecule has 0 N–H and O–H groups in total. The monoisotopic (exact) mass is 686 g/mol. The highest BCUT2D eigenvalue weighted by Gasteiger charge is 2.17. The summed E-state index contributed by atoms with van der Waals surface area (Å²) in [5.74, 6) is -0.682. The Morgan fingerprint density at radius 2 is 1.20 bits per heavy atom. The van der Waals surface area contributed by atoms with E-state index in [1.807, 2.05) is 44.2 Å². The van der Waals surface area contributed by atoms with Crippen LogP contribution in [0.4, 0.5) is 0 Å². The van der Waals surface area contributed by atoms with Crippen molar-refractivity contribution in [1.29, 1.82) is 0 Å². The van der Waals surface area contributed by atoms with Crippen molar-refractivity contribution in [3.05, 3.63) is 115 Å². The molecule has 0 amide bonds. The van der Waals surface area contributed by atoms with Crippen LogP contribution >= 0.6 is 0 Å². The van der Waals surface area contributed by atoms with Crippen LogP contribution in [0.15, 0.2) is 92.6 Å². The minimum absolute atomic E-state index is 0.0658. The van der Waals surface area contributed by atoms with Crippen molar-refractivity contribution in [3.63, 3.8) is 0 Å². The number of hydrogen-bond donors (Lipinski definition) is 0. The van der Waals surface area contributed by atoms with Gasteiger partial charge in [0.1, 0.15) is 23.9 Å². The van der Waals surface area contributed by atoms with Gasteiger partial charge in [-0.05, 0) is 104 Å². The molecule has 0 aliphatic carbocycles. The Hall–Kier alpha value is -5.68. The third-order valence-electron chi connectivity index (χ3n) is 7.15. The number of hydrogen-bond acceptors (Lipinski definition) is 11. The highest BCUT2D eigenvalue weighted by molar-refractivity contribution is 5.91. The van der Waals surface area contributed by atoms with E-state index in [1.165, 1.54) is 0 Å². The minimum Gasteiger partial charge on any atom is -0.489 e. The van der Waals surface area contributed by atoms with Gasteiger partial charge < -0.3 is 33.2 Å². The lowest BCUT2D eigenvalue weighted by atomic mass is 10.0. The summed E-state index contributed by atoms with van der Waals surface area (Å²) < 4.78 is 38.0. The molecule has 3 rings (SSSR count). The van der Waals surface area contributed by atoms with Gasteiger partial charge in [0.05, 0.1) is 18.8 Å². The first-order chi connectivity index (χ1) is 24.0. The molecule has 264 valence electrons. The molecule has 0 radical (unpaired) electrons. The molecule has 3 aromatic carbocycles. The SMILES string of the molecule is C=CC(=O)OCCCCOCC(COc1ccc(-c2ccc(OC(=O)c3ccc(OCOC(=O)C=C)c(C)c3)c(C)c2)cc1C)OC(=O)C=C. The van der Waals surface area contributed by atoms with Crippen molar-refractivity contribution >= 4 is 23.9 Å². The van der Waals surface area contributed by atoms with E-state index in [1.54, 1.807) is 31.2 Å². The predicted molar refractivity (Wildman–Crippen MR) is 186 cm³/mol. The van der Waals surface area contributed by atoms with Crippen LogP contribution in [0, 0.1) is 20.8 Å². The van der Waals surface area contributed by atoms with Crippen molar-refractivity contribution in [2.24, 2.45) is 0 Å². The van der Waals surface area contributed by atoms with Crippen LogP contribution < -0.4 is 14.2 Å². The molecule has 0 bridgehead atoms. The maximum atomic E-state index is 12.9. The number of benzene rings is 3. The predicted octanol–water partition coefficient (Wildman–Crippen LogP) is 6.57. The molecule has 0 aromatic heterocycles. The van der Waals surface area contributed by atoms with Crippen LogP contribution in [-0.4, -0.2) is 63.2 Å². The molecule has 1 unspecified atom stereocenters. The van der Waals surface area contributed by atoms with Crippen molar-refractivity contribution in [3.8, 4) is 28.4 Å². The molecule has 0 spiro atoms. The highest BCUT2D eigenvalue weighted by Crippen LogP contribution is 2.30. The molecule has 3 aromatic rings. The highest BCUT2D eigenvalue weighted by atomic mass is 16.7. The Labute approximate surface area is 292 Å². The summed E-state index contributed by atoms with van der Waals surface area (Å²) in [6.45, 7) is 16.2. The minimum atomic E-state index is -0.666. The third kappa shape index (κ3) is 12.4. The number of esters is 4. The fraction of sp³-hybridized carbons (Fsp3) is 0.282. The molecule has 0 saturated carbocycles. The van der Waals surface area contributed by atoms with Crippen molar-refractivity contribution in [2.45, 2.75) is 39.7 Å². The lowest BCUT2D eigenvalue weighted by Gasteiger charge is -2.19. The number of ether oxygens (including phenoxy) is 7. The van der Waals surface area contributed by atoms with Gasteiger partial charge in [0, 0.05) is 24.8 Å². The van der Waals surface area contributed by atoms with Gasteiger partial charge in [-0.3, -0.25) is 0 Å². The van der Waals surface area contributed by atoms with E-state index < -0.39 is 30.0 Å². The average molecular weight is 687 g/mol. The second kappa shape index (κ2) is 20.0. The summed E-state index contributed by atoms with van der Waals surface area (Å²) in [7, 11) is 0. The normalized spacial score (nSPS) is 11.0. The van der Waals surface area contributed by atoms with E-state index in [0.717, 1.165) is 40.5 Å². The lowest BCUT2D eigenvalue weighted by molar-refractivity contribution is -0.148. The summed E-state index contributed by atoms with van der Waals surface area (Å²) >= 11 is 0. The van der Waals surface area contributed by atoms with Gasteiger partial charge >= 0.3 is 23.9 Å². The Morgan fingerprint density at radius 1 is 0.640 bits per heavy atom. The Kier molecular flexibility index (Phi) is 15.5. The fourth-order valence-corrected chi connectivity index (χ4v) is 4.51. The molecular weight excluding hydrogens is 644 g/mol. The lowest BCUT2D eigenvalue weighted by Crippen LogP contribution is -2.29. The molecule has 11 heteroatoms. The second-order valence-corrected chi connectivity index (χ2v) is 11.0. The molecule has 0 aliphatic rings. The van der Waals surface area contributed by atoms with Gasteiger partial charge in [0.2, 0.25) is 6.79 Å². The van der Waals surface area contributed by atoms with Crippen molar-refractivity contribution in [2.75, 3.05) is 33.2 Å². The number of rotatable bonds is 20. The average Bonchev–Trinajstić information content (AvgIpc) is 3.11. The van der Waals surface area contributed by atoms with Gasteiger partial charge in [-0.1, -0.05) is 31.9 Å². The molecular formula is C39H42O11. The summed E-state index contributed by atoms with van der Waals surface area (Å²) in [5, 5.41) is 0. The van der Waals surface area contributed by atoms with E-state index in [0.29, 0.717) is 47.8 Å². The maximum Gasteiger partial charge on any atom is 0.343 e. The topological polar surface area (TPSA) is 133 Å². The van der Waals surface area contributed by atoms with E-state index in [4.69, 9.17) is 33.2 Å². The van der Waals surface area contributed by atoms with E-state index in [2.05, 4.69) is 19.7 Å². The van der Waals surface area contributed by atoms with Crippen molar-refractivity contribution in [1.82, 2.24) is 0 Å². The van der Waals surface area contributed by atoms with Crippen LogP contribution in [0.2, 0.25) is 0 Å². The van der Waals surface area contributed by atoms with Crippen LogP contribution in [0.25, 0.3) is 11.1 Å². The number of aryl methyl sites for hydroxylation is 3. The Bertz CT molecular complexity index is 1690. The largest absolute Gasteiger partial charge is 0.489 e. The van der Waals surface area contributed by atoms with E-state index in [-0.39, 0.29) is 26.6 Å².